The lowest BCUT2D eigenvalue weighted by atomic mass is 10.1. The van der Waals surface area contributed by atoms with Crippen molar-refractivity contribution in [2.45, 2.75) is 46.1 Å². The van der Waals surface area contributed by atoms with Crippen LogP contribution in [0.25, 0.3) is 0 Å². The fourth-order valence-electron chi connectivity index (χ4n) is 3.20. The van der Waals surface area contributed by atoms with E-state index < -0.39 is 0 Å². The Labute approximate surface area is 131 Å². The molecule has 0 atom stereocenters. The van der Waals surface area contributed by atoms with Gasteiger partial charge in [-0.05, 0) is 32.3 Å². The number of hydrogen-bond donors (Lipinski definition) is 1. The maximum absolute atomic E-state index is 12.3. The number of aryl methyl sites for hydroxylation is 1. The molecule has 1 N–H and O–H groups in total. The number of carbonyl (C=O) groups excluding carboxylic acids is 1. The molecule has 1 aliphatic rings. The van der Waals surface area contributed by atoms with Crippen LogP contribution in [0.2, 0.25) is 0 Å². The number of aromatic nitrogens is 2. The van der Waals surface area contributed by atoms with Gasteiger partial charge in [-0.2, -0.15) is 5.10 Å². The minimum atomic E-state index is 0.156. The number of rotatable bonds is 4. The van der Waals surface area contributed by atoms with E-state index in [4.69, 9.17) is 0 Å². The van der Waals surface area contributed by atoms with Crippen molar-refractivity contribution in [1.29, 1.82) is 0 Å². The summed E-state index contributed by atoms with van der Waals surface area (Å²) in [5, 5.41) is 7.69. The van der Waals surface area contributed by atoms with E-state index in [2.05, 4.69) is 22.5 Å². The second-order valence-electron chi connectivity index (χ2n) is 6.16. The average Bonchev–Trinajstić information content (AvgIpc) is 3.13. The van der Waals surface area contributed by atoms with Gasteiger partial charge in [0.15, 0.2) is 0 Å². The van der Waals surface area contributed by atoms with Crippen LogP contribution in [-0.4, -0.2) is 15.7 Å². The lowest BCUT2D eigenvalue weighted by Crippen LogP contribution is -2.21. The van der Waals surface area contributed by atoms with Crippen LogP contribution in [0.3, 0.4) is 0 Å². The zero-order chi connectivity index (χ0) is 15.5. The van der Waals surface area contributed by atoms with E-state index in [1.165, 1.54) is 18.4 Å². The highest BCUT2D eigenvalue weighted by Crippen LogP contribution is 2.27. The second-order valence-corrected chi connectivity index (χ2v) is 6.16. The molecule has 0 unspecified atom stereocenters. The van der Waals surface area contributed by atoms with Gasteiger partial charge in [0.1, 0.15) is 0 Å². The van der Waals surface area contributed by atoms with Crippen LogP contribution in [0.5, 0.6) is 0 Å². The minimum Gasteiger partial charge on any atom is -0.323 e. The molecule has 1 saturated carbocycles. The van der Waals surface area contributed by atoms with Gasteiger partial charge in [0.25, 0.3) is 0 Å². The standard InChI is InChI=1S/C18H23N3O/c1-13-17(19-18(22)16-10-6-7-11-16)14(2)21(20-13)12-15-8-4-3-5-9-15/h3-5,8-9,16H,6-7,10-12H2,1-2H3,(H,19,22). The number of carbonyl (C=O) groups is 1. The van der Waals surface area contributed by atoms with E-state index in [1.807, 2.05) is 36.7 Å². The molecule has 116 valence electrons. The summed E-state index contributed by atoms with van der Waals surface area (Å²) in [6, 6.07) is 10.3. The third-order valence-electron chi connectivity index (χ3n) is 4.53. The average molecular weight is 297 g/mol. The van der Waals surface area contributed by atoms with Gasteiger partial charge >= 0.3 is 0 Å². The predicted octanol–water partition coefficient (Wildman–Crippen LogP) is 3.68. The number of nitrogens with zero attached hydrogens (tertiary/aromatic N) is 2. The molecule has 0 radical (unpaired) electrons. The Balaban J connectivity index is 1.76. The smallest absolute Gasteiger partial charge is 0.227 e. The molecular formula is C18H23N3O. The van der Waals surface area contributed by atoms with E-state index in [-0.39, 0.29) is 11.8 Å². The summed E-state index contributed by atoms with van der Waals surface area (Å²) in [7, 11) is 0. The molecule has 1 aromatic carbocycles. The molecule has 1 heterocycles. The summed E-state index contributed by atoms with van der Waals surface area (Å²) in [6.45, 7) is 4.71. The Kier molecular flexibility index (Phi) is 4.27. The fourth-order valence-corrected chi connectivity index (χ4v) is 3.20. The Morgan fingerprint density at radius 2 is 1.91 bits per heavy atom. The fraction of sp³-hybridized carbons (Fsp3) is 0.444. The Morgan fingerprint density at radius 1 is 1.23 bits per heavy atom. The van der Waals surface area contributed by atoms with Gasteiger partial charge in [-0.25, -0.2) is 0 Å². The highest BCUT2D eigenvalue weighted by Gasteiger charge is 2.24. The third kappa shape index (κ3) is 3.06. The maximum Gasteiger partial charge on any atom is 0.227 e. The van der Waals surface area contributed by atoms with Gasteiger partial charge in [0.05, 0.1) is 23.6 Å². The Hall–Kier alpha value is -2.10. The van der Waals surface area contributed by atoms with Crippen molar-refractivity contribution in [3.8, 4) is 0 Å². The topological polar surface area (TPSA) is 46.9 Å². The number of anilines is 1. The van der Waals surface area contributed by atoms with Crippen LogP contribution >= 0.6 is 0 Å². The van der Waals surface area contributed by atoms with Crippen molar-refractivity contribution >= 4 is 11.6 Å². The predicted molar refractivity (Wildman–Crippen MR) is 87.8 cm³/mol. The molecule has 0 spiro atoms. The molecule has 0 saturated heterocycles. The summed E-state index contributed by atoms with van der Waals surface area (Å²) in [5.74, 6) is 0.333. The van der Waals surface area contributed by atoms with Crippen LogP contribution < -0.4 is 5.32 Å². The molecule has 1 aromatic heterocycles. The van der Waals surface area contributed by atoms with Crippen molar-refractivity contribution in [2.75, 3.05) is 5.32 Å². The lowest BCUT2D eigenvalue weighted by Gasteiger charge is -2.11. The number of amides is 1. The van der Waals surface area contributed by atoms with Crippen molar-refractivity contribution in [2.24, 2.45) is 5.92 Å². The van der Waals surface area contributed by atoms with E-state index >= 15 is 0 Å². The monoisotopic (exact) mass is 297 g/mol. The minimum absolute atomic E-state index is 0.156. The summed E-state index contributed by atoms with van der Waals surface area (Å²) in [4.78, 5) is 12.3. The Bertz CT molecular complexity index is 654. The first-order valence-corrected chi connectivity index (χ1v) is 8.04. The van der Waals surface area contributed by atoms with Gasteiger partial charge in [-0.1, -0.05) is 43.2 Å². The Morgan fingerprint density at radius 3 is 2.59 bits per heavy atom. The summed E-state index contributed by atoms with van der Waals surface area (Å²) in [5.41, 5.74) is 4.00. The number of nitrogens with one attached hydrogen (secondary N) is 1. The second kappa shape index (κ2) is 6.34. The molecule has 4 nitrogen and oxygen atoms in total. The first-order valence-electron chi connectivity index (χ1n) is 8.04. The SMILES string of the molecule is Cc1nn(Cc2ccccc2)c(C)c1NC(=O)C1CCCC1. The first kappa shape index (κ1) is 14.8. The van der Waals surface area contributed by atoms with Gasteiger partial charge in [0.2, 0.25) is 5.91 Å². The van der Waals surface area contributed by atoms with Crippen LogP contribution in [0.4, 0.5) is 5.69 Å². The summed E-state index contributed by atoms with van der Waals surface area (Å²) >= 11 is 0. The van der Waals surface area contributed by atoms with Crippen molar-refractivity contribution in [3.05, 3.63) is 47.3 Å². The van der Waals surface area contributed by atoms with E-state index in [1.54, 1.807) is 0 Å². The number of hydrogen-bond acceptors (Lipinski definition) is 2. The van der Waals surface area contributed by atoms with Crippen molar-refractivity contribution in [3.63, 3.8) is 0 Å². The van der Waals surface area contributed by atoms with Gasteiger partial charge in [-0.3, -0.25) is 9.48 Å². The highest BCUT2D eigenvalue weighted by atomic mass is 16.1. The lowest BCUT2D eigenvalue weighted by molar-refractivity contribution is -0.119. The van der Waals surface area contributed by atoms with Gasteiger partial charge in [-0.15, -0.1) is 0 Å². The molecule has 2 aromatic rings. The largest absolute Gasteiger partial charge is 0.323 e. The first-order chi connectivity index (χ1) is 10.6. The van der Waals surface area contributed by atoms with Crippen LogP contribution in [-0.2, 0) is 11.3 Å². The van der Waals surface area contributed by atoms with Crippen LogP contribution in [0.15, 0.2) is 30.3 Å². The molecule has 0 aliphatic heterocycles. The maximum atomic E-state index is 12.3. The van der Waals surface area contributed by atoms with Gasteiger partial charge in [0, 0.05) is 5.92 Å². The zero-order valence-corrected chi connectivity index (χ0v) is 13.3. The molecular weight excluding hydrogens is 274 g/mol. The molecule has 4 heteroatoms. The summed E-state index contributed by atoms with van der Waals surface area (Å²) < 4.78 is 1.97. The molecule has 0 bridgehead atoms. The highest BCUT2D eigenvalue weighted by molar-refractivity contribution is 5.93. The van der Waals surface area contributed by atoms with Gasteiger partial charge < -0.3 is 5.32 Å². The summed E-state index contributed by atoms with van der Waals surface area (Å²) in [6.07, 6.45) is 4.37. The third-order valence-corrected chi connectivity index (χ3v) is 4.53. The molecule has 1 fully saturated rings. The van der Waals surface area contributed by atoms with Crippen LogP contribution in [0, 0.1) is 19.8 Å². The molecule has 3 rings (SSSR count). The molecule has 1 aliphatic carbocycles. The quantitative estimate of drug-likeness (QED) is 0.936. The van der Waals surface area contributed by atoms with E-state index in [0.717, 1.165) is 36.5 Å². The van der Waals surface area contributed by atoms with E-state index in [9.17, 15) is 4.79 Å². The van der Waals surface area contributed by atoms with Crippen molar-refractivity contribution < 1.29 is 4.79 Å². The number of benzene rings is 1. The van der Waals surface area contributed by atoms with Crippen molar-refractivity contribution in [1.82, 2.24) is 9.78 Å². The normalized spacial score (nSPS) is 15.2. The molecule has 1 amide bonds. The van der Waals surface area contributed by atoms with E-state index in [0.29, 0.717) is 0 Å². The zero-order valence-electron chi connectivity index (χ0n) is 13.3. The van der Waals surface area contributed by atoms with Crippen LogP contribution in [0.1, 0.15) is 42.6 Å². The molecule has 22 heavy (non-hydrogen) atoms.